The molecule has 0 aromatic heterocycles. The Morgan fingerprint density at radius 2 is 1.83 bits per heavy atom. The van der Waals surface area contributed by atoms with Gasteiger partial charge in [-0.25, -0.2) is 0 Å². The molecule has 0 heterocycles. The van der Waals surface area contributed by atoms with Gasteiger partial charge in [0.25, 0.3) is 0 Å². The van der Waals surface area contributed by atoms with Gasteiger partial charge in [0.15, 0.2) is 11.9 Å². The summed E-state index contributed by atoms with van der Waals surface area (Å²) >= 11 is 0. The van der Waals surface area contributed by atoms with Crippen LogP contribution in [-0.4, -0.2) is 28.2 Å². The smallest absolute Gasteiger partial charge is 0.154 e. The molecule has 3 nitrogen and oxygen atoms in total. The molecular weight excluding hydrogens is 156 g/mol. The number of aliphatic hydroxyl groups excluding tert-OH is 1. The van der Waals surface area contributed by atoms with Crippen molar-refractivity contribution in [1.82, 2.24) is 0 Å². The molecule has 2 N–H and O–H groups in total. The Balaban J connectivity index is 2.18. The largest absolute Gasteiger partial charge is 0.389 e. The summed E-state index contributed by atoms with van der Waals surface area (Å²) in [7, 11) is 0. The normalized spacial score (nSPS) is 44.3. The summed E-state index contributed by atoms with van der Waals surface area (Å²) in [6, 6.07) is 0. The van der Waals surface area contributed by atoms with Crippen molar-refractivity contribution in [1.29, 1.82) is 0 Å². The molecular formula is C9H14O3. The lowest BCUT2D eigenvalue weighted by Crippen LogP contribution is -2.23. The summed E-state index contributed by atoms with van der Waals surface area (Å²) in [5.74, 6) is 0. The first-order chi connectivity index (χ1) is 5.67. The summed E-state index contributed by atoms with van der Waals surface area (Å²) in [5.41, 5.74) is -1.87. The van der Waals surface area contributed by atoms with E-state index in [9.17, 15) is 15.0 Å². The van der Waals surface area contributed by atoms with Crippen LogP contribution in [0.15, 0.2) is 0 Å². The molecule has 0 aliphatic heterocycles. The van der Waals surface area contributed by atoms with Gasteiger partial charge in [-0.1, -0.05) is 19.3 Å². The molecule has 2 fully saturated rings. The SMILES string of the molecule is O=CC1(O)C(O)C12CCCCC2. The van der Waals surface area contributed by atoms with Gasteiger partial charge >= 0.3 is 0 Å². The van der Waals surface area contributed by atoms with E-state index in [1.807, 2.05) is 0 Å². The maximum atomic E-state index is 10.6. The van der Waals surface area contributed by atoms with Crippen molar-refractivity contribution in [3.8, 4) is 0 Å². The fraction of sp³-hybridized carbons (Fsp3) is 0.889. The van der Waals surface area contributed by atoms with Gasteiger partial charge in [0, 0.05) is 5.41 Å². The van der Waals surface area contributed by atoms with E-state index >= 15 is 0 Å². The van der Waals surface area contributed by atoms with E-state index in [-0.39, 0.29) is 0 Å². The zero-order valence-corrected chi connectivity index (χ0v) is 6.99. The fourth-order valence-electron chi connectivity index (χ4n) is 2.62. The molecule has 68 valence electrons. The second kappa shape index (κ2) is 2.30. The van der Waals surface area contributed by atoms with Crippen molar-refractivity contribution in [2.75, 3.05) is 0 Å². The lowest BCUT2D eigenvalue weighted by atomic mass is 9.83. The molecule has 0 aromatic carbocycles. The van der Waals surface area contributed by atoms with Crippen LogP contribution in [0, 0.1) is 5.41 Å². The molecule has 2 aliphatic carbocycles. The van der Waals surface area contributed by atoms with Gasteiger partial charge < -0.3 is 15.0 Å². The van der Waals surface area contributed by atoms with Crippen LogP contribution in [0.2, 0.25) is 0 Å². The van der Waals surface area contributed by atoms with E-state index in [1.165, 1.54) is 0 Å². The highest BCUT2D eigenvalue weighted by molar-refractivity contribution is 5.72. The molecule has 0 radical (unpaired) electrons. The maximum absolute atomic E-state index is 10.6. The number of carbonyl (C=O) groups is 1. The first kappa shape index (κ1) is 8.20. The molecule has 12 heavy (non-hydrogen) atoms. The van der Waals surface area contributed by atoms with Gasteiger partial charge in [-0.2, -0.15) is 0 Å². The lowest BCUT2D eigenvalue weighted by Gasteiger charge is -2.22. The van der Waals surface area contributed by atoms with Gasteiger partial charge in [0.2, 0.25) is 0 Å². The van der Waals surface area contributed by atoms with Crippen LogP contribution in [0.1, 0.15) is 32.1 Å². The first-order valence-corrected chi connectivity index (χ1v) is 4.54. The van der Waals surface area contributed by atoms with Gasteiger partial charge in [-0.15, -0.1) is 0 Å². The van der Waals surface area contributed by atoms with Crippen LogP contribution < -0.4 is 0 Å². The third-order valence-electron chi connectivity index (χ3n) is 3.58. The quantitative estimate of drug-likeness (QED) is 0.554. The first-order valence-electron chi connectivity index (χ1n) is 4.54. The van der Waals surface area contributed by atoms with Gasteiger partial charge in [-0.05, 0) is 12.8 Å². The van der Waals surface area contributed by atoms with Gasteiger partial charge in [0.05, 0.1) is 6.10 Å². The minimum Gasteiger partial charge on any atom is -0.389 e. The summed E-state index contributed by atoms with van der Waals surface area (Å²) in [6.45, 7) is 0. The molecule has 0 bridgehead atoms. The van der Waals surface area contributed by atoms with Crippen molar-refractivity contribution in [2.45, 2.75) is 43.8 Å². The minimum atomic E-state index is -1.41. The number of carbonyl (C=O) groups excluding carboxylic acids is 1. The van der Waals surface area contributed by atoms with E-state index in [2.05, 4.69) is 0 Å². The Morgan fingerprint density at radius 1 is 1.25 bits per heavy atom. The number of aldehydes is 1. The highest BCUT2D eigenvalue weighted by Gasteiger charge is 2.76. The number of hydrogen-bond acceptors (Lipinski definition) is 3. The molecule has 2 aliphatic rings. The van der Waals surface area contributed by atoms with Crippen molar-refractivity contribution in [3.63, 3.8) is 0 Å². The van der Waals surface area contributed by atoms with Crippen LogP contribution in [0.4, 0.5) is 0 Å². The Bertz CT molecular complexity index is 208. The number of rotatable bonds is 1. The van der Waals surface area contributed by atoms with Crippen molar-refractivity contribution in [2.24, 2.45) is 5.41 Å². The predicted molar refractivity (Wildman–Crippen MR) is 42.5 cm³/mol. The highest BCUT2D eigenvalue weighted by Crippen LogP contribution is 2.63. The standard InChI is InChI=1S/C9H14O3/c10-6-9(12)7(11)8(9)4-2-1-3-5-8/h6-7,11-12H,1-5H2. The highest BCUT2D eigenvalue weighted by atomic mass is 16.4. The Morgan fingerprint density at radius 3 is 2.25 bits per heavy atom. The van der Waals surface area contributed by atoms with Crippen molar-refractivity contribution in [3.05, 3.63) is 0 Å². The average Bonchev–Trinajstić information content (AvgIpc) is 2.56. The monoisotopic (exact) mass is 170 g/mol. The van der Waals surface area contributed by atoms with Gasteiger partial charge in [0.1, 0.15) is 0 Å². The molecule has 0 saturated heterocycles. The average molecular weight is 170 g/mol. The molecule has 0 aromatic rings. The summed E-state index contributed by atoms with van der Waals surface area (Å²) in [4.78, 5) is 10.6. The third-order valence-corrected chi connectivity index (χ3v) is 3.58. The summed E-state index contributed by atoms with van der Waals surface area (Å²) in [6.07, 6.45) is 4.50. The molecule has 1 spiro atoms. The van der Waals surface area contributed by atoms with Crippen molar-refractivity contribution < 1.29 is 15.0 Å². The van der Waals surface area contributed by atoms with Crippen molar-refractivity contribution >= 4 is 6.29 Å². The van der Waals surface area contributed by atoms with E-state index in [1.54, 1.807) is 0 Å². The van der Waals surface area contributed by atoms with Crippen LogP contribution >= 0.6 is 0 Å². The molecule has 2 atom stereocenters. The summed E-state index contributed by atoms with van der Waals surface area (Å²) in [5, 5.41) is 19.1. The van der Waals surface area contributed by atoms with E-state index < -0.39 is 17.1 Å². The summed E-state index contributed by atoms with van der Waals surface area (Å²) < 4.78 is 0. The molecule has 2 rings (SSSR count). The second-order valence-corrected chi connectivity index (χ2v) is 4.06. The zero-order chi connectivity index (χ0) is 8.82. The van der Waals surface area contributed by atoms with Gasteiger partial charge in [-0.3, -0.25) is 0 Å². The molecule has 0 amide bonds. The van der Waals surface area contributed by atoms with E-state index in [0.29, 0.717) is 6.29 Å². The van der Waals surface area contributed by atoms with Crippen LogP contribution in [0.5, 0.6) is 0 Å². The Labute approximate surface area is 71.4 Å². The van der Waals surface area contributed by atoms with Crippen LogP contribution in [-0.2, 0) is 4.79 Å². The molecule has 2 saturated carbocycles. The number of hydrogen-bond donors (Lipinski definition) is 2. The zero-order valence-electron chi connectivity index (χ0n) is 6.99. The molecule has 3 heteroatoms. The minimum absolute atomic E-state index is 0.465. The third kappa shape index (κ3) is 0.709. The van der Waals surface area contributed by atoms with E-state index in [0.717, 1.165) is 32.1 Å². The maximum Gasteiger partial charge on any atom is 0.154 e. The number of aliphatic hydroxyl groups is 2. The van der Waals surface area contributed by atoms with E-state index in [4.69, 9.17) is 0 Å². The molecule has 2 unspecified atom stereocenters. The van der Waals surface area contributed by atoms with Crippen LogP contribution in [0.25, 0.3) is 0 Å². The predicted octanol–water partition coefficient (Wildman–Crippen LogP) is 0.241. The second-order valence-electron chi connectivity index (χ2n) is 4.06. The Kier molecular flexibility index (Phi) is 1.57. The van der Waals surface area contributed by atoms with Crippen LogP contribution in [0.3, 0.4) is 0 Å². The lowest BCUT2D eigenvalue weighted by molar-refractivity contribution is -0.120. The topological polar surface area (TPSA) is 57.5 Å². The Hall–Kier alpha value is -0.410. The fourth-order valence-corrected chi connectivity index (χ4v) is 2.62.